The first-order valence-corrected chi connectivity index (χ1v) is 12.0. The summed E-state index contributed by atoms with van der Waals surface area (Å²) < 4.78 is 2.31. The van der Waals surface area contributed by atoms with Crippen molar-refractivity contribution >= 4 is 16.8 Å². The Labute approximate surface area is 194 Å². The minimum Gasteiger partial charge on any atom is -0.323 e. The highest BCUT2D eigenvalue weighted by molar-refractivity contribution is 5.90. The van der Waals surface area contributed by atoms with Crippen LogP contribution in [-0.2, 0) is 11.3 Å². The Morgan fingerprint density at radius 3 is 2.42 bits per heavy atom. The molecule has 0 spiro atoms. The summed E-state index contributed by atoms with van der Waals surface area (Å²) in [5.74, 6) is 1.66. The molecule has 33 heavy (non-hydrogen) atoms. The van der Waals surface area contributed by atoms with Crippen molar-refractivity contribution in [1.29, 1.82) is 0 Å². The van der Waals surface area contributed by atoms with E-state index in [0.29, 0.717) is 12.3 Å². The molecule has 2 heterocycles. The van der Waals surface area contributed by atoms with Crippen LogP contribution in [0.15, 0.2) is 72.8 Å². The second-order valence-corrected chi connectivity index (χ2v) is 9.80. The van der Waals surface area contributed by atoms with E-state index in [1.165, 1.54) is 16.7 Å². The number of hydrogen-bond donors (Lipinski definition) is 1. The first-order valence-electron chi connectivity index (χ1n) is 12.0. The van der Waals surface area contributed by atoms with Crippen LogP contribution in [0, 0.1) is 18.3 Å². The average Bonchev–Trinajstić information content (AvgIpc) is 3.50. The highest BCUT2D eigenvalue weighted by atomic mass is 16.1. The van der Waals surface area contributed by atoms with Gasteiger partial charge in [0, 0.05) is 24.6 Å². The molecule has 2 fully saturated rings. The normalized spacial score (nSPS) is 20.4. The van der Waals surface area contributed by atoms with Gasteiger partial charge in [0.2, 0.25) is 0 Å². The van der Waals surface area contributed by atoms with E-state index in [-0.39, 0.29) is 11.3 Å². The van der Waals surface area contributed by atoms with E-state index in [4.69, 9.17) is 4.98 Å². The number of fused-ring (bicyclic) bond motifs is 1. The number of ketones is 1. The number of nitrogens with one attached hydrogen (secondary N) is 1. The fourth-order valence-corrected chi connectivity index (χ4v) is 5.30. The van der Waals surface area contributed by atoms with E-state index in [1.807, 2.05) is 6.07 Å². The fourth-order valence-electron chi connectivity index (χ4n) is 5.30. The van der Waals surface area contributed by atoms with E-state index in [9.17, 15) is 4.79 Å². The molecule has 1 aromatic heterocycles. The van der Waals surface area contributed by atoms with E-state index in [1.54, 1.807) is 0 Å². The molecule has 6 rings (SSSR count). The smallest absolute Gasteiger partial charge is 0.145 e. The highest BCUT2D eigenvalue weighted by Gasteiger charge is 2.48. The van der Waals surface area contributed by atoms with Gasteiger partial charge >= 0.3 is 0 Å². The lowest BCUT2D eigenvalue weighted by Crippen LogP contribution is -2.39. The van der Waals surface area contributed by atoms with E-state index in [2.05, 4.69) is 83.5 Å². The molecule has 1 atom stereocenters. The van der Waals surface area contributed by atoms with Gasteiger partial charge in [0.1, 0.15) is 11.6 Å². The van der Waals surface area contributed by atoms with Crippen molar-refractivity contribution in [2.75, 3.05) is 13.1 Å². The summed E-state index contributed by atoms with van der Waals surface area (Å²) in [7, 11) is 0. The van der Waals surface area contributed by atoms with Gasteiger partial charge in [-0.05, 0) is 61.6 Å². The van der Waals surface area contributed by atoms with E-state index >= 15 is 0 Å². The van der Waals surface area contributed by atoms with E-state index < -0.39 is 0 Å². The maximum Gasteiger partial charge on any atom is 0.145 e. The minimum atomic E-state index is -0.336. The van der Waals surface area contributed by atoms with Gasteiger partial charge in [-0.15, -0.1) is 0 Å². The highest BCUT2D eigenvalue weighted by Crippen LogP contribution is 2.42. The minimum absolute atomic E-state index is 0.259. The zero-order valence-corrected chi connectivity index (χ0v) is 19.1. The van der Waals surface area contributed by atoms with Crippen molar-refractivity contribution in [2.24, 2.45) is 11.3 Å². The largest absolute Gasteiger partial charge is 0.323 e. The summed E-state index contributed by atoms with van der Waals surface area (Å²) in [6.45, 7) is 4.48. The number of nitrogens with zero attached hydrogens (tertiary/aromatic N) is 2. The Kier molecular flexibility index (Phi) is 4.92. The lowest BCUT2D eigenvalue weighted by molar-refractivity contribution is -0.129. The molecule has 0 bridgehead atoms. The van der Waals surface area contributed by atoms with Crippen LogP contribution >= 0.6 is 0 Å². The third kappa shape index (κ3) is 3.68. The molecule has 1 aliphatic heterocycles. The lowest BCUT2D eigenvalue weighted by atomic mass is 9.80. The van der Waals surface area contributed by atoms with Crippen LogP contribution in [-0.4, -0.2) is 28.4 Å². The van der Waals surface area contributed by atoms with Gasteiger partial charge in [-0.2, -0.15) is 0 Å². The number of carbonyl (C=O) groups excluding carboxylic acids is 1. The van der Waals surface area contributed by atoms with Crippen LogP contribution < -0.4 is 5.32 Å². The molecule has 4 nitrogen and oxygen atoms in total. The summed E-state index contributed by atoms with van der Waals surface area (Å²) in [5, 5.41) is 3.48. The molecule has 0 amide bonds. The molecule has 3 aromatic carbocycles. The van der Waals surface area contributed by atoms with Gasteiger partial charge in [0.25, 0.3) is 0 Å². The molecule has 4 heteroatoms. The maximum absolute atomic E-state index is 13.4. The first-order chi connectivity index (χ1) is 16.1. The fraction of sp³-hybridized carbons (Fsp3) is 0.310. The third-order valence-electron chi connectivity index (χ3n) is 7.33. The Morgan fingerprint density at radius 1 is 1.00 bits per heavy atom. The van der Waals surface area contributed by atoms with Crippen molar-refractivity contribution in [2.45, 2.75) is 32.7 Å². The second kappa shape index (κ2) is 7.96. The Morgan fingerprint density at radius 2 is 1.73 bits per heavy atom. The Hall–Kier alpha value is -3.24. The summed E-state index contributed by atoms with van der Waals surface area (Å²) in [6, 6.07) is 25.5. The molecule has 166 valence electrons. The number of aromatic nitrogens is 2. The number of aryl methyl sites for hydroxylation is 1. The van der Waals surface area contributed by atoms with Crippen molar-refractivity contribution in [1.82, 2.24) is 14.9 Å². The van der Waals surface area contributed by atoms with Gasteiger partial charge in [-0.1, -0.05) is 60.7 Å². The van der Waals surface area contributed by atoms with E-state index in [0.717, 1.165) is 54.8 Å². The predicted octanol–water partition coefficient (Wildman–Crippen LogP) is 5.64. The predicted molar refractivity (Wildman–Crippen MR) is 133 cm³/mol. The van der Waals surface area contributed by atoms with Crippen LogP contribution in [0.2, 0.25) is 0 Å². The molecule has 1 aliphatic carbocycles. The monoisotopic (exact) mass is 435 g/mol. The molecular weight excluding hydrogens is 406 g/mol. The molecular formula is C29H29N3O. The molecule has 1 N–H and O–H groups in total. The molecule has 4 aromatic rings. The zero-order valence-electron chi connectivity index (χ0n) is 19.1. The Balaban J connectivity index is 1.45. The van der Waals surface area contributed by atoms with Crippen LogP contribution in [0.5, 0.6) is 0 Å². The van der Waals surface area contributed by atoms with Crippen molar-refractivity contribution in [3.8, 4) is 22.5 Å². The first kappa shape index (κ1) is 20.4. The van der Waals surface area contributed by atoms with Gasteiger partial charge in [-0.25, -0.2) is 4.98 Å². The standard InChI is InChI=1S/C29H29N3O/c1-20-7-14-25-26(17-20)32(19-29(15-16-30-18-29)27(33)23-10-11-23)28(31-25)24-12-8-22(9-13-24)21-5-3-2-4-6-21/h2-9,12-14,17,23,30H,10-11,15-16,18-19H2,1H3/t29-/m0/s1. The van der Waals surface area contributed by atoms with Crippen LogP contribution in [0.4, 0.5) is 0 Å². The van der Waals surface area contributed by atoms with Gasteiger partial charge in [0.05, 0.1) is 16.4 Å². The summed E-state index contributed by atoms with van der Waals surface area (Å²) in [5.41, 5.74) is 6.47. The summed E-state index contributed by atoms with van der Waals surface area (Å²) >= 11 is 0. The van der Waals surface area contributed by atoms with Crippen molar-refractivity contribution < 1.29 is 4.79 Å². The number of rotatable bonds is 6. The zero-order chi connectivity index (χ0) is 22.4. The summed E-state index contributed by atoms with van der Waals surface area (Å²) in [4.78, 5) is 18.5. The van der Waals surface area contributed by atoms with Crippen molar-refractivity contribution in [3.63, 3.8) is 0 Å². The maximum atomic E-state index is 13.4. The van der Waals surface area contributed by atoms with Gasteiger partial charge < -0.3 is 9.88 Å². The van der Waals surface area contributed by atoms with Gasteiger partial charge in [-0.3, -0.25) is 4.79 Å². The average molecular weight is 436 g/mol. The van der Waals surface area contributed by atoms with Crippen molar-refractivity contribution in [3.05, 3.63) is 78.4 Å². The SMILES string of the molecule is Cc1ccc2nc(-c3ccc(-c4ccccc4)cc3)n(C[C@]3(C(=O)C4CC4)CCNC3)c2c1. The number of benzene rings is 3. The quantitative estimate of drug-likeness (QED) is 0.426. The van der Waals surface area contributed by atoms with Crippen LogP contribution in [0.3, 0.4) is 0 Å². The lowest BCUT2D eigenvalue weighted by Gasteiger charge is -2.28. The molecule has 0 unspecified atom stereocenters. The number of hydrogen-bond acceptors (Lipinski definition) is 3. The topological polar surface area (TPSA) is 46.9 Å². The molecule has 1 saturated heterocycles. The molecule has 1 saturated carbocycles. The Bertz CT molecular complexity index is 1310. The van der Waals surface area contributed by atoms with Crippen LogP contribution in [0.1, 0.15) is 24.8 Å². The second-order valence-electron chi connectivity index (χ2n) is 9.80. The van der Waals surface area contributed by atoms with Gasteiger partial charge in [0.15, 0.2) is 0 Å². The number of Topliss-reactive ketones (excluding diaryl/α,β-unsaturated/α-hetero) is 1. The summed E-state index contributed by atoms with van der Waals surface area (Å²) in [6.07, 6.45) is 3.01. The number of carbonyl (C=O) groups is 1. The number of imidazole rings is 1. The van der Waals surface area contributed by atoms with Crippen LogP contribution in [0.25, 0.3) is 33.5 Å². The third-order valence-corrected chi connectivity index (χ3v) is 7.33. The molecule has 0 radical (unpaired) electrons. The molecule has 2 aliphatic rings.